The molecular weight excluding hydrogens is 264 g/mol. The fourth-order valence-corrected chi connectivity index (χ4v) is 2.62. The zero-order chi connectivity index (χ0) is 14.0. The summed E-state index contributed by atoms with van der Waals surface area (Å²) >= 11 is 0. The Morgan fingerprint density at radius 2 is 2.10 bits per heavy atom. The number of likely N-dealkylation sites (tertiary alicyclic amines) is 1. The Morgan fingerprint density at radius 3 is 2.75 bits per heavy atom. The van der Waals surface area contributed by atoms with Gasteiger partial charge in [-0.2, -0.15) is 0 Å². The van der Waals surface area contributed by atoms with Gasteiger partial charge in [0.05, 0.1) is 13.2 Å². The lowest BCUT2D eigenvalue weighted by molar-refractivity contribution is -0.181. The smallest absolute Gasteiger partial charge is 0.276 e. The fraction of sp³-hybridized carbons (Fsp3) is 0.692. The van der Waals surface area contributed by atoms with Gasteiger partial charge in [0.25, 0.3) is 5.91 Å². The molecule has 3 heterocycles. The molecule has 3 rings (SSSR count). The van der Waals surface area contributed by atoms with E-state index in [4.69, 9.17) is 18.7 Å². The molecule has 1 aromatic rings. The predicted molar refractivity (Wildman–Crippen MR) is 67.0 cm³/mol. The number of methoxy groups -OCH3 is 1. The van der Waals surface area contributed by atoms with E-state index < -0.39 is 5.79 Å². The van der Waals surface area contributed by atoms with Crippen LogP contribution in [0.25, 0.3) is 0 Å². The van der Waals surface area contributed by atoms with Gasteiger partial charge in [0.1, 0.15) is 6.61 Å². The molecule has 0 aromatic carbocycles. The quantitative estimate of drug-likeness (QED) is 0.816. The van der Waals surface area contributed by atoms with Crippen molar-refractivity contribution in [1.29, 1.82) is 0 Å². The van der Waals surface area contributed by atoms with Gasteiger partial charge in [-0.1, -0.05) is 5.16 Å². The van der Waals surface area contributed by atoms with Crippen molar-refractivity contribution in [3.05, 3.63) is 17.5 Å². The van der Waals surface area contributed by atoms with Gasteiger partial charge in [-0.25, -0.2) is 0 Å². The topological polar surface area (TPSA) is 74.0 Å². The molecule has 0 aliphatic carbocycles. The molecular formula is C13H18N2O5. The molecule has 1 amide bonds. The van der Waals surface area contributed by atoms with Gasteiger partial charge in [0.2, 0.25) is 0 Å². The molecule has 7 heteroatoms. The van der Waals surface area contributed by atoms with E-state index in [2.05, 4.69) is 5.16 Å². The minimum Gasteiger partial charge on any atom is -0.377 e. The van der Waals surface area contributed by atoms with Crippen molar-refractivity contribution in [2.45, 2.75) is 25.2 Å². The van der Waals surface area contributed by atoms with Gasteiger partial charge < -0.3 is 23.6 Å². The summed E-state index contributed by atoms with van der Waals surface area (Å²) in [4.78, 5) is 14.1. The van der Waals surface area contributed by atoms with E-state index in [-0.39, 0.29) is 5.91 Å². The van der Waals surface area contributed by atoms with Crippen LogP contribution in [-0.2, 0) is 20.8 Å². The Hall–Kier alpha value is -1.44. The Bertz CT molecular complexity index is 471. The van der Waals surface area contributed by atoms with E-state index >= 15 is 0 Å². The highest BCUT2D eigenvalue weighted by molar-refractivity contribution is 5.92. The number of carbonyl (C=O) groups is 1. The lowest BCUT2D eigenvalue weighted by atomic mass is 10.0. The molecule has 2 saturated heterocycles. The molecule has 0 saturated carbocycles. The van der Waals surface area contributed by atoms with E-state index in [9.17, 15) is 4.79 Å². The molecule has 0 bridgehead atoms. The minimum absolute atomic E-state index is 0.121. The molecule has 2 fully saturated rings. The maximum Gasteiger partial charge on any atom is 0.276 e. The Labute approximate surface area is 116 Å². The van der Waals surface area contributed by atoms with Crippen LogP contribution in [0.5, 0.6) is 0 Å². The van der Waals surface area contributed by atoms with E-state index in [1.165, 1.54) is 0 Å². The van der Waals surface area contributed by atoms with E-state index in [0.717, 1.165) is 0 Å². The summed E-state index contributed by atoms with van der Waals surface area (Å²) < 4.78 is 21.3. The second kappa shape index (κ2) is 5.51. The zero-order valence-electron chi connectivity index (χ0n) is 11.5. The largest absolute Gasteiger partial charge is 0.377 e. The highest BCUT2D eigenvalue weighted by Crippen LogP contribution is 2.31. The van der Waals surface area contributed by atoms with E-state index in [0.29, 0.717) is 57.2 Å². The molecule has 20 heavy (non-hydrogen) atoms. The van der Waals surface area contributed by atoms with Crippen LogP contribution in [0.15, 0.2) is 10.6 Å². The molecule has 0 unspecified atom stereocenters. The molecule has 2 aliphatic rings. The van der Waals surface area contributed by atoms with Crippen molar-refractivity contribution >= 4 is 5.91 Å². The highest BCUT2D eigenvalue weighted by atomic mass is 16.7. The number of aromatic nitrogens is 1. The Morgan fingerprint density at radius 1 is 1.40 bits per heavy atom. The summed E-state index contributed by atoms with van der Waals surface area (Å²) in [5.74, 6) is -0.0438. The number of amides is 1. The van der Waals surface area contributed by atoms with Gasteiger partial charge in [0.15, 0.2) is 17.2 Å². The number of hydrogen-bond donors (Lipinski definition) is 0. The molecule has 0 radical (unpaired) electrons. The molecule has 0 N–H and O–H groups in total. The third-order valence-electron chi connectivity index (χ3n) is 3.69. The van der Waals surface area contributed by atoms with Crippen LogP contribution in [0.3, 0.4) is 0 Å². The van der Waals surface area contributed by atoms with E-state index in [1.807, 2.05) is 0 Å². The fourth-order valence-electron chi connectivity index (χ4n) is 2.62. The summed E-state index contributed by atoms with van der Waals surface area (Å²) in [6, 6.07) is 1.62. The average Bonchev–Trinajstić information content (AvgIpc) is 3.10. The lowest BCUT2D eigenvalue weighted by Crippen LogP contribution is -2.47. The molecule has 1 spiro atoms. The van der Waals surface area contributed by atoms with Gasteiger partial charge >= 0.3 is 0 Å². The summed E-state index contributed by atoms with van der Waals surface area (Å²) in [7, 11) is 1.57. The van der Waals surface area contributed by atoms with Crippen LogP contribution in [0.4, 0.5) is 0 Å². The summed E-state index contributed by atoms with van der Waals surface area (Å²) in [6.07, 6.45) is 1.39. The van der Waals surface area contributed by atoms with Gasteiger partial charge in [-0.3, -0.25) is 4.79 Å². The summed E-state index contributed by atoms with van der Waals surface area (Å²) in [5.41, 5.74) is 0.321. The highest BCUT2D eigenvalue weighted by Gasteiger charge is 2.41. The van der Waals surface area contributed by atoms with Crippen molar-refractivity contribution < 1.29 is 23.5 Å². The molecule has 0 atom stereocenters. The predicted octanol–water partition coefficient (Wildman–Crippen LogP) is 0.800. The van der Waals surface area contributed by atoms with Gasteiger partial charge in [-0.15, -0.1) is 0 Å². The maximum atomic E-state index is 12.3. The van der Waals surface area contributed by atoms with Crippen LogP contribution in [-0.4, -0.2) is 55.2 Å². The first-order valence-electron chi connectivity index (χ1n) is 6.74. The van der Waals surface area contributed by atoms with Gasteiger partial charge in [-0.05, 0) is 0 Å². The first kappa shape index (κ1) is 13.5. The lowest BCUT2D eigenvalue weighted by Gasteiger charge is -2.37. The van der Waals surface area contributed by atoms with Gasteiger partial charge in [0, 0.05) is 39.1 Å². The number of ether oxygens (including phenoxy) is 3. The second-order valence-corrected chi connectivity index (χ2v) is 5.01. The normalized spacial score (nSPS) is 21.6. The van der Waals surface area contributed by atoms with Crippen LogP contribution in [0.2, 0.25) is 0 Å². The zero-order valence-corrected chi connectivity index (χ0v) is 11.5. The molecule has 110 valence electrons. The Kier molecular flexibility index (Phi) is 3.73. The first-order valence-corrected chi connectivity index (χ1v) is 6.74. The van der Waals surface area contributed by atoms with Crippen LogP contribution in [0, 0.1) is 0 Å². The Balaban J connectivity index is 1.60. The number of rotatable bonds is 3. The number of hydrogen-bond acceptors (Lipinski definition) is 6. The SMILES string of the molecule is COCc1cc(C(=O)N2CCC3(CC2)OCCO3)no1. The van der Waals surface area contributed by atoms with Crippen LogP contribution < -0.4 is 0 Å². The third kappa shape index (κ3) is 2.56. The summed E-state index contributed by atoms with van der Waals surface area (Å²) in [6.45, 7) is 2.79. The molecule has 2 aliphatic heterocycles. The summed E-state index contributed by atoms with van der Waals surface area (Å²) in [5, 5.41) is 3.79. The number of nitrogens with zero attached hydrogens (tertiary/aromatic N) is 2. The van der Waals surface area contributed by atoms with Crippen molar-refractivity contribution in [3.8, 4) is 0 Å². The number of carbonyl (C=O) groups excluding carboxylic acids is 1. The second-order valence-electron chi connectivity index (χ2n) is 5.01. The standard InChI is InChI=1S/C13H18N2O5/c1-17-9-10-8-11(14-20-10)12(16)15-4-2-13(3-5-15)18-6-7-19-13/h8H,2-7,9H2,1H3. The maximum absolute atomic E-state index is 12.3. The monoisotopic (exact) mass is 282 g/mol. The number of piperidine rings is 1. The first-order chi connectivity index (χ1) is 9.72. The third-order valence-corrected chi connectivity index (χ3v) is 3.69. The van der Waals surface area contributed by atoms with E-state index in [1.54, 1.807) is 18.1 Å². The van der Waals surface area contributed by atoms with Crippen LogP contribution >= 0.6 is 0 Å². The van der Waals surface area contributed by atoms with Crippen molar-refractivity contribution in [3.63, 3.8) is 0 Å². The minimum atomic E-state index is -0.470. The van der Waals surface area contributed by atoms with Crippen molar-refractivity contribution in [2.24, 2.45) is 0 Å². The van der Waals surface area contributed by atoms with Crippen LogP contribution in [0.1, 0.15) is 29.1 Å². The van der Waals surface area contributed by atoms with Crippen molar-refractivity contribution in [2.75, 3.05) is 33.4 Å². The average molecular weight is 282 g/mol. The molecule has 1 aromatic heterocycles. The molecule has 7 nitrogen and oxygen atoms in total. The van der Waals surface area contributed by atoms with Crippen molar-refractivity contribution in [1.82, 2.24) is 10.1 Å².